The number of rotatable bonds is 6. The molecule has 0 bridgehead atoms. The van der Waals surface area contributed by atoms with Gasteiger partial charge < -0.3 is 19.9 Å². The van der Waals surface area contributed by atoms with Crippen LogP contribution in [0.5, 0.6) is 0 Å². The lowest BCUT2D eigenvalue weighted by atomic mass is 9.95. The Kier molecular flexibility index (Phi) is 6.82. The summed E-state index contributed by atoms with van der Waals surface area (Å²) in [5.74, 6) is -0.102. The van der Waals surface area contributed by atoms with Crippen LogP contribution in [0.3, 0.4) is 0 Å². The summed E-state index contributed by atoms with van der Waals surface area (Å²) in [6.45, 7) is 3.72. The Labute approximate surface area is 173 Å². The first-order chi connectivity index (χ1) is 14.2. The standard InChI is InChI=1S/C23H33N3O3/c27-20-17-29-22(23(28)24-13-16-25-14-7-2-8-15-25)21(18-9-3-1-4-10-18)26(20)19-11-5-6-12-19/h1,3-4,9-10,19,21-22H,2,5-8,11-17H2,(H,24,28)/t21-,22+/m0/s1. The zero-order chi connectivity index (χ0) is 20.1. The molecule has 1 aliphatic carbocycles. The fraction of sp³-hybridized carbons (Fsp3) is 0.652. The Morgan fingerprint density at radius 2 is 1.76 bits per heavy atom. The van der Waals surface area contributed by atoms with E-state index in [4.69, 9.17) is 4.74 Å². The third-order valence-corrected chi connectivity index (χ3v) is 6.55. The first-order valence-electron chi connectivity index (χ1n) is 11.2. The lowest BCUT2D eigenvalue weighted by Crippen LogP contribution is -2.57. The first kappa shape index (κ1) is 20.4. The number of carbonyl (C=O) groups is 2. The minimum Gasteiger partial charge on any atom is -0.356 e. The number of carbonyl (C=O) groups excluding carboxylic acids is 2. The largest absolute Gasteiger partial charge is 0.356 e. The number of nitrogens with zero attached hydrogens (tertiary/aromatic N) is 2. The number of amides is 2. The van der Waals surface area contributed by atoms with Crippen LogP contribution in [0.1, 0.15) is 56.6 Å². The van der Waals surface area contributed by atoms with Crippen LogP contribution >= 0.6 is 0 Å². The van der Waals surface area contributed by atoms with Crippen molar-refractivity contribution in [2.75, 3.05) is 32.8 Å². The van der Waals surface area contributed by atoms with E-state index in [-0.39, 0.29) is 30.5 Å². The maximum absolute atomic E-state index is 13.1. The van der Waals surface area contributed by atoms with Gasteiger partial charge in [0.1, 0.15) is 6.61 Å². The molecule has 1 aromatic rings. The second-order valence-corrected chi connectivity index (χ2v) is 8.52. The number of piperidine rings is 1. The number of ether oxygens (including phenoxy) is 1. The lowest BCUT2D eigenvalue weighted by Gasteiger charge is -2.43. The number of nitrogens with one attached hydrogen (secondary N) is 1. The Balaban J connectivity index is 1.47. The smallest absolute Gasteiger partial charge is 0.251 e. The van der Waals surface area contributed by atoms with E-state index in [0.717, 1.165) is 50.9 Å². The highest BCUT2D eigenvalue weighted by atomic mass is 16.5. The van der Waals surface area contributed by atoms with Crippen LogP contribution in [0.4, 0.5) is 0 Å². The summed E-state index contributed by atoms with van der Waals surface area (Å²) in [5.41, 5.74) is 0.976. The molecule has 3 aliphatic rings. The number of likely N-dealkylation sites (tertiary alicyclic amines) is 1. The molecule has 1 N–H and O–H groups in total. The van der Waals surface area contributed by atoms with E-state index in [1.54, 1.807) is 0 Å². The number of morpholine rings is 1. The van der Waals surface area contributed by atoms with Crippen LogP contribution in [-0.2, 0) is 14.3 Å². The second kappa shape index (κ2) is 9.72. The van der Waals surface area contributed by atoms with Gasteiger partial charge in [0.2, 0.25) is 5.91 Å². The van der Waals surface area contributed by atoms with Gasteiger partial charge in [0.15, 0.2) is 6.10 Å². The van der Waals surface area contributed by atoms with E-state index in [1.807, 2.05) is 35.2 Å². The van der Waals surface area contributed by atoms with Gasteiger partial charge in [-0.2, -0.15) is 0 Å². The van der Waals surface area contributed by atoms with E-state index in [1.165, 1.54) is 19.3 Å². The van der Waals surface area contributed by atoms with Crippen LogP contribution in [0.25, 0.3) is 0 Å². The normalized spacial score (nSPS) is 26.6. The summed E-state index contributed by atoms with van der Waals surface area (Å²) in [6.07, 6.45) is 7.45. The third kappa shape index (κ3) is 4.81. The molecule has 6 nitrogen and oxygen atoms in total. The maximum atomic E-state index is 13.1. The van der Waals surface area contributed by atoms with E-state index < -0.39 is 6.10 Å². The molecular weight excluding hydrogens is 366 g/mol. The molecule has 158 valence electrons. The molecule has 3 fully saturated rings. The molecule has 2 atom stereocenters. The maximum Gasteiger partial charge on any atom is 0.251 e. The molecule has 0 spiro atoms. The number of hydrogen-bond acceptors (Lipinski definition) is 4. The topological polar surface area (TPSA) is 61.9 Å². The van der Waals surface area contributed by atoms with E-state index in [9.17, 15) is 9.59 Å². The molecule has 0 aromatic heterocycles. The zero-order valence-electron chi connectivity index (χ0n) is 17.2. The Hall–Kier alpha value is -1.92. The number of benzene rings is 1. The predicted molar refractivity (Wildman–Crippen MR) is 111 cm³/mol. The molecule has 2 amide bonds. The summed E-state index contributed by atoms with van der Waals surface area (Å²) in [6, 6.07) is 9.75. The molecule has 4 rings (SSSR count). The van der Waals surface area contributed by atoms with Gasteiger partial charge in [-0.05, 0) is 44.3 Å². The highest BCUT2D eigenvalue weighted by molar-refractivity contribution is 5.86. The molecule has 2 aliphatic heterocycles. The monoisotopic (exact) mass is 399 g/mol. The molecule has 0 unspecified atom stereocenters. The van der Waals surface area contributed by atoms with Crippen molar-refractivity contribution in [3.63, 3.8) is 0 Å². The van der Waals surface area contributed by atoms with Crippen molar-refractivity contribution in [1.82, 2.24) is 15.1 Å². The van der Waals surface area contributed by atoms with E-state index in [2.05, 4.69) is 10.2 Å². The first-order valence-corrected chi connectivity index (χ1v) is 11.2. The lowest BCUT2D eigenvalue weighted by molar-refractivity contribution is -0.168. The van der Waals surface area contributed by atoms with Crippen molar-refractivity contribution in [3.8, 4) is 0 Å². The summed E-state index contributed by atoms with van der Waals surface area (Å²) < 4.78 is 5.83. The second-order valence-electron chi connectivity index (χ2n) is 8.52. The molecule has 1 saturated carbocycles. The Morgan fingerprint density at radius 1 is 1.03 bits per heavy atom. The Morgan fingerprint density at radius 3 is 2.48 bits per heavy atom. The molecular formula is C23H33N3O3. The molecule has 1 aromatic carbocycles. The summed E-state index contributed by atoms with van der Waals surface area (Å²) in [4.78, 5) is 30.3. The van der Waals surface area contributed by atoms with Gasteiger partial charge in [0.25, 0.3) is 5.91 Å². The van der Waals surface area contributed by atoms with E-state index in [0.29, 0.717) is 6.54 Å². The van der Waals surface area contributed by atoms with Crippen LogP contribution < -0.4 is 5.32 Å². The van der Waals surface area contributed by atoms with Gasteiger partial charge >= 0.3 is 0 Å². The minimum absolute atomic E-state index is 0.00289. The van der Waals surface area contributed by atoms with Gasteiger partial charge in [-0.1, -0.05) is 49.6 Å². The molecule has 0 radical (unpaired) electrons. The fourth-order valence-electron chi connectivity index (χ4n) is 5.07. The van der Waals surface area contributed by atoms with Crippen molar-refractivity contribution in [2.45, 2.75) is 63.1 Å². The zero-order valence-corrected chi connectivity index (χ0v) is 17.2. The SMILES string of the molecule is O=C(NCCN1CCCCC1)[C@@H]1OCC(=O)N(C2CCCC2)[C@H]1c1ccccc1. The van der Waals surface area contributed by atoms with Crippen LogP contribution in [-0.4, -0.2) is 66.5 Å². The van der Waals surface area contributed by atoms with Gasteiger partial charge in [-0.15, -0.1) is 0 Å². The van der Waals surface area contributed by atoms with Crippen molar-refractivity contribution in [3.05, 3.63) is 35.9 Å². The average Bonchev–Trinajstić information content (AvgIpc) is 3.29. The highest BCUT2D eigenvalue weighted by Crippen LogP contribution is 2.36. The molecule has 6 heteroatoms. The van der Waals surface area contributed by atoms with Crippen molar-refractivity contribution >= 4 is 11.8 Å². The van der Waals surface area contributed by atoms with Crippen LogP contribution in [0.2, 0.25) is 0 Å². The molecule has 2 saturated heterocycles. The van der Waals surface area contributed by atoms with Crippen LogP contribution in [0.15, 0.2) is 30.3 Å². The molecule has 29 heavy (non-hydrogen) atoms. The number of hydrogen-bond donors (Lipinski definition) is 1. The van der Waals surface area contributed by atoms with Gasteiger partial charge in [0, 0.05) is 19.1 Å². The van der Waals surface area contributed by atoms with Gasteiger partial charge in [0.05, 0.1) is 6.04 Å². The summed E-state index contributed by atoms with van der Waals surface area (Å²) in [7, 11) is 0. The highest BCUT2D eigenvalue weighted by Gasteiger charge is 2.44. The fourth-order valence-corrected chi connectivity index (χ4v) is 5.07. The van der Waals surface area contributed by atoms with Crippen molar-refractivity contribution in [2.24, 2.45) is 0 Å². The van der Waals surface area contributed by atoms with Crippen molar-refractivity contribution < 1.29 is 14.3 Å². The van der Waals surface area contributed by atoms with E-state index >= 15 is 0 Å². The van der Waals surface area contributed by atoms with Crippen molar-refractivity contribution in [1.29, 1.82) is 0 Å². The van der Waals surface area contributed by atoms with Gasteiger partial charge in [-0.25, -0.2) is 0 Å². The summed E-state index contributed by atoms with van der Waals surface area (Å²) >= 11 is 0. The minimum atomic E-state index is -0.656. The average molecular weight is 400 g/mol. The van der Waals surface area contributed by atoms with Crippen LogP contribution in [0, 0.1) is 0 Å². The van der Waals surface area contributed by atoms with Gasteiger partial charge in [-0.3, -0.25) is 9.59 Å². The summed E-state index contributed by atoms with van der Waals surface area (Å²) in [5, 5.41) is 3.08. The Bertz CT molecular complexity index is 684. The third-order valence-electron chi connectivity index (χ3n) is 6.55. The quantitative estimate of drug-likeness (QED) is 0.798. The predicted octanol–water partition coefficient (Wildman–Crippen LogP) is 2.50. The molecule has 2 heterocycles.